The Labute approximate surface area is 196 Å². The molecule has 2 heterocycles. The molecule has 9 nitrogen and oxygen atoms in total. The summed E-state index contributed by atoms with van der Waals surface area (Å²) in [6.07, 6.45) is 0. The Bertz CT molecular complexity index is 1330. The van der Waals surface area contributed by atoms with Gasteiger partial charge >= 0.3 is 0 Å². The zero-order valence-electron chi connectivity index (χ0n) is 18.5. The zero-order chi connectivity index (χ0) is 23.3. The first-order valence-electron chi connectivity index (χ1n) is 10.8. The molecule has 5 rings (SSSR count). The minimum atomic E-state index is -0.298. The van der Waals surface area contributed by atoms with Crippen LogP contribution in [0.25, 0.3) is 11.4 Å². The first-order chi connectivity index (χ1) is 16.7. The molecule has 34 heavy (non-hydrogen) atoms. The molecule has 170 valence electrons. The molecule has 0 fully saturated rings. The van der Waals surface area contributed by atoms with Crippen molar-refractivity contribution < 1.29 is 14.3 Å². The van der Waals surface area contributed by atoms with Crippen LogP contribution in [0.15, 0.2) is 77.9 Å². The van der Waals surface area contributed by atoms with E-state index in [0.717, 1.165) is 16.7 Å². The lowest BCUT2D eigenvalue weighted by atomic mass is 10.1. The topological polar surface area (TPSA) is 104 Å². The number of carbonyl (C=O) groups is 1. The van der Waals surface area contributed by atoms with Crippen molar-refractivity contribution in [2.75, 3.05) is 13.2 Å². The van der Waals surface area contributed by atoms with Gasteiger partial charge in [-0.1, -0.05) is 42.5 Å². The Morgan fingerprint density at radius 1 is 0.971 bits per heavy atom. The Morgan fingerprint density at radius 3 is 2.50 bits per heavy atom. The summed E-state index contributed by atoms with van der Waals surface area (Å²) in [6.45, 7) is 3.32. The molecular weight excluding hydrogens is 432 g/mol. The molecule has 0 radical (unpaired) electrons. The normalized spacial score (nSPS) is 12.9. The monoisotopic (exact) mass is 454 g/mol. The van der Waals surface area contributed by atoms with E-state index in [4.69, 9.17) is 9.47 Å². The van der Waals surface area contributed by atoms with Crippen molar-refractivity contribution in [2.45, 2.75) is 13.5 Å². The molecule has 0 saturated carbocycles. The van der Waals surface area contributed by atoms with Gasteiger partial charge in [0, 0.05) is 16.7 Å². The minimum Gasteiger partial charge on any atom is -0.486 e. The third-order valence-electron chi connectivity index (χ3n) is 5.31. The van der Waals surface area contributed by atoms with Crippen LogP contribution < -0.4 is 14.9 Å². The molecule has 4 aromatic rings. The zero-order valence-corrected chi connectivity index (χ0v) is 18.5. The highest BCUT2D eigenvalue weighted by Crippen LogP contribution is 2.30. The number of aromatic nitrogens is 4. The smallest absolute Gasteiger partial charge is 0.271 e. The van der Waals surface area contributed by atoms with E-state index in [9.17, 15) is 4.79 Å². The molecule has 1 aliphatic rings. The van der Waals surface area contributed by atoms with Crippen LogP contribution >= 0.6 is 0 Å². The second kappa shape index (κ2) is 9.53. The van der Waals surface area contributed by atoms with Gasteiger partial charge in [-0.25, -0.2) is 5.43 Å². The van der Waals surface area contributed by atoms with Crippen molar-refractivity contribution in [1.82, 2.24) is 25.6 Å². The first kappa shape index (κ1) is 21.3. The highest BCUT2D eigenvalue weighted by Gasteiger charge is 2.13. The molecule has 0 saturated heterocycles. The van der Waals surface area contributed by atoms with Crippen molar-refractivity contribution in [3.8, 4) is 22.9 Å². The number of hydrazone groups is 1. The number of ether oxygens (including phenoxy) is 2. The van der Waals surface area contributed by atoms with Crippen LogP contribution in [0.3, 0.4) is 0 Å². The van der Waals surface area contributed by atoms with Gasteiger partial charge in [-0.2, -0.15) is 9.90 Å². The summed E-state index contributed by atoms with van der Waals surface area (Å²) in [4.78, 5) is 14.1. The summed E-state index contributed by atoms with van der Waals surface area (Å²) in [5, 5.41) is 16.9. The fourth-order valence-electron chi connectivity index (χ4n) is 3.47. The van der Waals surface area contributed by atoms with Crippen molar-refractivity contribution in [3.05, 3.63) is 89.5 Å². The van der Waals surface area contributed by atoms with Crippen LogP contribution in [-0.4, -0.2) is 45.0 Å². The molecule has 1 N–H and O–H groups in total. The third kappa shape index (κ3) is 4.78. The van der Waals surface area contributed by atoms with Crippen molar-refractivity contribution >= 4 is 11.6 Å². The summed E-state index contributed by atoms with van der Waals surface area (Å²) >= 11 is 0. The van der Waals surface area contributed by atoms with Crippen LogP contribution in [-0.2, 0) is 6.54 Å². The second-order valence-corrected chi connectivity index (χ2v) is 7.70. The van der Waals surface area contributed by atoms with E-state index in [1.54, 1.807) is 12.1 Å². The van der Waals surface area contributed by atoms with Crippen LogP contribution in [0.4, 0.5) is 0 Å². The quantitative estimate of drug-likeness (QED) is 0.354. The molecule has 0 spiro atoms. The molecular formula is C25H22N6O3. The maximum absolute atomic E-state index is 12.5. The third-order valence-corrected chi connectivity index (χ3v) is 5.31. The minimum absolute atomic E-state index is 0.298. The Kier molecular flexibility index (Phi) is 5.98. The van der Waals surface area contributed by atoms with Crippen molar-refractivity contribution in [2.24, 2.45) is 5.10 Å². The van der Waals surface area contributed by atoms with Gasteiger partial charge in [0.25, 0.3) is 5.91 Å². The Morgan fingerprint density at radius 2 is 1.71 bits per heavy atom. The molecule has 0 bridgehead atoms. The molecule has 1 aliphatic heterocycles. The molecule has 9 heteroatoms. The van der Waals surface area contributed by atoms with Gasteiger partial charge in [0.2, 0.25) is 5.82 Å². The fraction of sp³-hybridized carbons (Fsp3) is 0.160. The average molecular weight is 454 g/mol. The van der Waals surface area contributed by atoms with E-state index in [1.165, 1.54) is 4.80 Å². The lowest BCUT2D eigenvalue weighted by Gasteiger charge is -2.18. The van der Waals surface area contributed by atoms with Gasteiger partial charge in [-0.3, -0.25) is 4.79 Å². The number of amides is 1. The van der Waals surface area contributed by atoms with E-state index < -0.39 is 0 Å². The lowest BCUT2D eigenvalue weighted by molar-refractivity contribution is 0.0955. The molecule has 1 aromatic heterocycles. The lowest BCUT2D eigenvalue weighted by Crippen LogP contribution is -2.19. The van der Waals surface area contributed by atoms with Gasteiger partial charge < -0.3 is 9.47 Å². The number of hydrogen-bond acceptors (Lipinski definition) is 7. The standard InChI is InChI=1S/C25H22N6O3/c1-17(21-11-12-22-23(15-21)34-14-13-33-22)26-28-25(32)20-9-7-18(8-10-20)16-31-29-24(27-30-31)19-5-3-2-4-6-19/h2-12,15H,13-14,16H2,1H3,(H,28,32)/b26-17+. The highest BCUT2D eigenvalue weighted by atomic mass is 16.6. The number of rotatable bonds is 6. The molecule has 0 unspecified atom stereocenters. The number of hydrogen-bond donors (Lipinski definition) is 1. The molecule has 0 aliphatic carbocycles. The van der Waals surface area contributed by atoms with Crippen LogP contribution in [0, 0.1) is 0 Å². The number of carbonyl (C=O) groups excluding carboxylic acids is 1. The van der Waals surface area contributed by atoms with Gasteiger partial charge in [-0.05, 0) is 48.0 Å². The highest BCUT2D eigenvalue weighted by molar-refractivity contribution is 6.01. The van der Waals surface area contributed by atoms with Gasteiger partial charge in [0.15, 0.2) is 11.5 Å². The molecule has 0 atom stereocenters. The van der Waals surface area contributed by atoms with E-state index in [2.05, 4.69) is 25.9 Å². The maximum Gasteiger partial charge on any atom is 0.271 e. The summed E-state index contributed by atoms with van der Waals surface area (Å²) in [5.41, 5.74) is 6.47. The summed E-state index contributed by atoms with van der Waals surface area (Å²) < 4.78 is 11.1. The maximum atomic E-state index is 12.5. The number of benzene rings is 3. The van der Waals surface area contributed by atoms with E-state index in [-0.39, 0.29) is 5.91 Å². The van der Waals surface area contributed by atoms with Gasteiger partial charge in [-0.15, -0.1) is 10.2 Å². The Balaban J connectivity index is 1.20. The van der Waals surface area contributed by atoms with Crippen LogP contribution in [0.5, 0.6) is 11.5 Å². The average Bonchev–Trinajstić information content (AvgIpc) is 3.36. The van der Waals surface area contributed by atoms with Gasteiger partial charge in [0.1, 0.15) is 13.2 Å². The first-order valence-corrected chi connectivity index (χ1v) is 10.8. The van der Waals surface area contributed by atoms with Crippen LogP contribution in [0.1, 0.15) is 28.4 Å². The summed E-state index contributed by atoms with van der Waals surface area (Å²) in [6, 6.07) is 22.5. The SMILES string of the molecule is C/C(=N\NC(=O)c1ccc(Cn2nnc(-c3ccccc3)n2)cc1)c1ccc2c(c1)OCCO2. The predicted octanol–water partition coefficient (Wildman–Crippen LogP) is 3.31. The van der Waals surface area contributed by atoms with Crippen molar-refractivity contribution in [1.29, 1.82) is 0 Å². The van der Waals surface area contributed by atoms with Crippen molar-refractivity contribution in [3.63, 3.8) is 0 Å². The van der Waals surface area contributed by atoms with Gasteiger partial charge in [0.05, 0.1) is 12.3 Å². The number of fused-ring (bicyclic) bond motifs is 1. The molecule has 1 amide bonds. The fourth-order valence-corrected chi connectivity index (χ4v) is 3.47. The van der Waals surface area contributed by atoms with E-state index in [0.29, 0.717) is 48.4 Å². The molecule has 3 aromatic carbocycles. The summed E-state index contributed by atoms with van der Waals surface area (Å²) in [5.74, 6) is 1.67. The number of nitrogens with one attached hydrogen (secondary N) is 1. The van der Waals surface area contributed by atoms with Crippen LogP contribution in [0.2, 0.25) is 0 Å². The van der Waals surface area contributed by atoms with E-state index in [1.807, 2.05) is 67.6 Å². The predicted molar refractivity (Wildman–Crippen MR) is 126 cm³/mol. The number of nitrogens with zero attached hydrogens (tertiary/aromatic N) is 5. The largest absolute Gasteiger partial charge is 0.486 e. The summed E-state index contributed by atoms with van der Waals surface area (Å²) in [7, 11) is 0. The Hall–Kier alpha value is -4.53. The second-order valence-electron chi connectivity index (χ2n) is 7.70. The van der Waals surface area contributed by atoms with E-state index >= 15 is 0 Å². The number of tetrazole rings is 1.